The molecule has 12 heavy (non-hydrogen) atoms. The fourth-order valence-corrected chi connectivity index (χ4v) is 1.16. The molecule has 70 valence electrons. The topological polar surface area (TPSA) is 27.8 Å². The van der Waals surface area contributed by atoms with Crippen molar-refractivity contribution in [2.75, 3.05) is 12.4 Å². The summed E-state index contributed by atoms with van der Waals surface area (Å²) in [6, 6.07) is 0. The summed E-state index contributed by atoms with van der Waals surface area (Å²) in [6.07, 6.45) is 3.16. The molecule has 1 heterocycles. The van der Waals surface area contributed by atoms with Gasteiger partial charge in [-0.15, -0.1) is 0 Å². The molecule has 0 aliphatic heterocycles. The van der Waals surface area contributed by atoms with Crippen molar-refractivity contribution in [1.29, 1.82) is 0 Å². The number of hydrogen-bond donors (Lipinski definition) is 2. The fraction of sp³-hybridized carbons (Fsp3) is 0.600. The molecule has 1 aromatic rings. The Labute approximate surface area is 75.4 Å². The van der Waals surface area contributed by atoms with Gasteiger partial charge in [0.25, 0.3) is 0 Å². The Morgan fingerprint density at radius 3 is 2.25 bits per heavy atom. The van der Waals surface area contributed by atoms with Gasteiger partial charge < -0.3 is 10.3 Å². The van der Waals surface area contributed by atoms with Crippen LogP contribution in [0.4, 0.5) is 5.82 Å². The number of aryl methyl sites for hydroxylation is 1. The normalized spacial score (nSPS) is 8.75. The smallest absolute Gasteiger partial charge is 0.106 e. The summed E-state index contributed by atoms with van der Waals surface area (Å²) in [5.41, 5.74) is 2.73. The number of rotatable bonds is 2. The van der Waals surface area contributed by atoms with Crippen LogP contribution in [0, 0.1) is 6.92 Å². The van der Waals surface area contributed by atoms with Gasteiger partial charge in [0, 0.05) is 13.2 Å². The molecule has 0 saturated carbocycles. The molecule has 0 amide bonds. The highest BCUT2D eigenvalue weighted by atomic mass is 15.0. The molecule has 0 spiro atoms. The zero-order chi connectivity index (χ0) is 9.56. The van der Waals surface area contributed by atoms with Crippen molar-refractivity contribution in [1.82, 2.24) is 4.98 Å². The summed E-state index contributed by atoms with van der Waals surface area (Å²) in [5, 5.41) is 3.09. The second-order valence-corrected chi connectivity index (χ2v) is 2.42. The molecule has 0 aromatic carbocycles. The van der Waals surface area contributed by atoms with E-state index >= 15 is 0 Å². The number of hydrogen-bond acceptors (Lipinski definition) is 1. The maximum atomic E-state index is 3.16. The molecule has 0 aliphatic rings. The quantitative estimate of drug-likeness (QED) is 0.698. The molecule has 2 nitrogen and oxygen atoms in total. The first kappa shape index (κ1) is 11.1. The number of aromatic nitrogens is 1. The molecule has 1 rings (SSSR count). The molecule has 0 radical (unpaired) electrons. The first-order valence-corrected chi connectivity index (χ1v) is 4.64. The predicted octanol–water partition coefficient (Wildman–Crippen LogP) is 2.95. The van der Waals surface area contributed by atoms with Crippen molar-refractivity contribution < 1.29 is 0 Å². The molecule has 0 bridgehead atoms. The third-order valence-electron chi connectivity index (χ3n) is 1.88. The Morgan fingerprint density at radius 1 is 1.42 bits per heavy atom. The highest BCUT2D eigenvalue weighted by molar-refractivity contribution is 5.48. The van der Waals surface area contributed by atoms with Crippen LogP contribution in [0.1, 0.15) is 31.9 Å². The number of nitrogens with one attached hydrogen (secondary N) is 2. The predicted molar refractivity (Wildman–Crippen MR) is 55.8 cm³/mol. The highest BCUT2D eigenvalue weighted by Gasteiger charge is 2.01. The van der Waals surface area contributed by atoms with Crippen molar-refractivity contribution in [2.24, 2.45) is 0 Å². The molecule has 0 saturated heterocycles. The van der Waals surface area contributed by atoms with Gasteiger partial charge in [0.2, 0.25) is 0 Å². The van der Waals surface area contributed by atoms with Gasteiger partial charge in [-0.25, -0.2) is 0 Å². The van der Waals surface area contributed by atoms with Crippen molar-refractivity contribution in [3.8, 4) is 0 Å². The van der Waals surface area contributed by atoms with Crippen molar-refractivity contribution in [3.63, 3.8) is 0 Å². The van der Waals surface area contributed by atoms with Gasteiger partial charge in [0.15, 0.2) is 0 Å². The zero-order valence-corrected chi connectivity index (χ0v) is 8.78. The second kappa shape index (κ2) is 5.70. The van der Waals surface area contributed by atoms with Gasteiger partial charge in [-0.3, -0.25) is 0 Å². The molecule has 0 fully saturated rings. The average molecular weight is 168 g/mol. The van der Waals surface area contributed by atoms with E-state index in [2.05, 4.69) is 30.3 Å². The molecular weight excluding hydrogens is 148 g/mol. The lowest BCUT2D eigenvalue weighted by molar-refractivity contribution is 1.12. The van der Waals surface area contributed by atoms with Crippen LogP contribution in [0.3, 0.4) is 0 Å². The monoisotopic (exact) mass is 168 g/mol. The molecule has 0 unspecified atom stereocenters. The van der Waals surface area contributed by atoms with Gasteiger partial charge in [-0.05, 0) is 24.5 Å². The van der Waals surface area contributed by atoms with Gasteiger partial charge in [0.05, 0.1) is 0 Å². The van der Waals surface area contributed by atoms with Crippen LogP contribution < -0.4 is 5.32 Å². The standard InChI is InChI=1S/C8H14N2.C2H6/c1-4-7-5-10-8(9-3)6(7)2;1-2/h5,9-10H,4H2,1-3H3;1-2H3. The second-order valence-electron chi connectivity index (χ2n) is 2.42. The van der Waals surface area contributed by atoms with E-state index in [0.29, 0.717) is 0 Å². The van der Waals surface area contributed by atoms with E-state index in [1.165, 1.54) is 11.1 Å². The summed E-state index contributed by atoms with van der Waals surface area (Å²) < 4.78 is 0. The van der Waals surface area contributed by atoms with Crippen LogP contribution >= 0.6 is 0 Å². The van der Waals surface area contributed by atoms with E-state index in [1.807, 2.05) is 20.9 Å². The third kappa shape index (κ3) is 2.29. The minimum absolute atomic E-state index is 1.10. The van der Waals surface area contributed by atoms with Crippen LogP contribution in [0.15, 0.2) is 6.20 Å². The minimum Gasteiger partial charge on any atom is -0.374 e. The molecule has 2 N–H and O–H groups in total. The Kier molecular flexibility index (Phi) is 5.26. The lowest BCUT2D eigenvalue weighted by atomic mass is 10.2. The zero-order valence-electron chi connectivity index (χ0n) is 8.78. The highest BCUT2D eigenvalue weighted by Crippen LogP contribution is 2.16. The lowest BCUT2D eigenvalue weighted by Crippen LogP contribution is -1.89. The van der Waals surface area contributed by atoms with Crippen LogP contribution in [-0.4, -0.2) is 12.0 Å². The first-order valence-electron chi connectivity index (χ1n) is 4.64. The van der Waals surface area contributed by atoms with E-state index in [0.717, 1.165) is 12.2 Å². The summed E-state index contributed by atoms with van der Waals surface area (Å²) >= 11 is 0. The van der Waals surface area contributed by atoms with E-state index in [9.17, 15) is 0 Å². The Bertz CT molecular complexity index is 192. The summed E-state index contributed by atoms with van der Waals surface area (Å²) in [6.45, 7) is 8.29. The molecule has 0 aliphatic carbocycles. The Balaban J connectivity index is 0.000000561. The van der Waals surface area contributed by atoms with E-state index in [-0.39, 0.29) is 0 Å². The minimum atomic E-state index is 1.10. The van der Waals surface area contributed by atoms with E-state index in [1.54, 1.807) is 0 Å². The molecule has 1 aromatic heterocycles. The number of aromatic amines is 1. The van der Waals surface area contributed by atoms with Gasteiger partial charge in [-0.2, -0.15) is 0 Å². The largest absolute Gasteiger partial charge is 0.374 e. The summed E-state index contributed by atoms with van der Waals surface area (Å²) in [4.78, 5) is 3.16. The van der Waals surface area contributed by atoms with Crippen LogP contribution in [0.2, 0.25) is 0 Å². The Morgan fingerprint density at radius 2 is 2.00 bits per heavy atom. The van der Waals surface area contributed by atoms with Crippen molar-refractivity contribution >= 4 is 5.82 Å². The van der Waals surface area contributed by atoms with Crippen molar-refractivity contribution in [3.05, 3.63) is 17.3 Å². The van der Waals surface area contributed by atoms with Crippen molar-refractivity contribution in [2.45, 2.75) is 34.1 Å². The third-order valence-corrected chi connectivity index (χ3v) is 1.88. The maximum absolute atomic E-state index is 3.16. The van der Waals surface area contributed by atoms with Crippen LogP contribution in [0.5, 0.6) is 0 Å². The molecular formula is C10H20N2. The van der Waals surface area contributed by atoms with Gasteiger partial charge >= 0.3 is 0 Å². The number of anilines is 1. The fourth-order valence-electron chi connectivity index (χ4n) is 1.16. The van der Waals surface area contributed by atoms with E-state index in [4.69, 9.17) is 0 Å². The number of H-pyrrole nitrogens is 1. The summed E-state index contributed by atoms with van der Waals surface area (Å²) in [5.74, 6) is 1.14. The van der Waals surface area contributed by atoms with Crippen LogP contribution in [0.25, 0.3) is 0 Å². The summed E-state index contributed by atoms with van der Waals surface area (Å²) in [7, 11) is 1.93. The van der Waals surface area contributed by atoms with E-state index < -0.39 is 0 Å². The first-order chi connectivity index (χ1) is 5.79. The lowest BCUT2D eigenvalue weighted by Gasteiger charge is -1.97. The maximum Gasteiger partial charge on any atom is 0.106 e. The van der Waals surface area contributed by atoms with Gasteiger partial charge in [-0.1, -0.05) is 20.8 Å². The van der Waals surface area contributed by atoms with Crippen LogP contribution in [-0.2, 0) is 6.42 Å². The molecule has 0 atom stereocenters. The molecule has 2 heteroatoms. The Hall–Kier alpha value is -0.920. The average Bonchev–Trinajstić information content (AvgIpc) is 2.49. The van der Waals surface area contributed by atoms with Gasteiger partial charge in [0.1, 0.15) is 5.82 Å². The SMILES string of the molecule is CC.CCc1c[nH]c(NC)c1C.